The molecule has 0 radical (unpaired) electrons. The van der Waals surface area contributed by atoms with Crippen molar-refractivity contribution < 1.29 is 9.47 Å². The predicted molar refractivity (Wildman–Crippen MR) is 67.8 cm³/mol. The van der Waals surface area contributed by atoms with E-state index in [1.807, 2.05) is 6.92 Å². The molecule has 0 fully saturated rings. The van der Waals surface area contributed by atoms with Crippen LogP contribution in [0.1, 0.15) is 13.3 Å². The minimum Gasteiger partial charge on any atom is -0.478 e. The maximum atomic E-state index is 6.00. The standard InChI is InChI=1S/C11H18ClN3O2/c1-3-17-10-5-7-14-11(15-10)13-6-4-9(12)8-16-2/h5,7,9H,3-4,6,8H2,1-2H3,(H,13,14,15). The van der Waals surface area contributed by atoms with E-state index < -0.39 is 0 Å². The van der Waals surface area contributed by atoms with Crippen LogP contribution in [0.15, 0.2) is 12.3 Å². The number of ether oxygens (including phenoxy) is 2. The van der Waals surface area contributed by atoms with Crippen molar-refractivity contribution in [2.24, 2.45) is 0 Å². The van der Waals surface area contributed by atoms with Crippen LogP contribution in [0.2, 0.25) is 0 Å². The molecule has 0 aliphatic carbocycles. The minimum atomic E-state index is 0.00238. The summed E-state index contributed by atoms with van der Waals surface area (Å²) in [6.45, 7) is 3.75. The lowest BCUT2D eigenvalue weighted by atomic mass is 10.3. The van der Waals surface area contributed by atoms with Gasteiger partial charge in [-0.05, 0) is 13.3 Å². The molecular weight excluding hydrogens is 242 g/mol. The molecule has 1 atom stereocenters. The second-order valence-corrected chi connectivity index (χ2v) is 4.04. The van der Waals surface area contributed by atoms with Crippen molar-refractivity contribution in [3.63, 3.8) is 0 Å². The van der Waals surface area contributed by atoms with Gasteiger partial charge in [0.1, 0.15) is 0 Å². The summed E-state index contributed by atoms with van der Waals surface area (Å²) in [6.07, 6.45) is 2.45. The number of aromatic nitrogens is 2. The van der Waals surface area contributed by atoms with E-state index in [4.69, 9.17) is 21.1 Å². The first kappa shape index (κ1) is 14.0. The lowest BCUT2D eigenvalue weighted by molar-refractivity contribution is 0.196. The van der Waals surface area contributed by atoms with E-state index >= 15 is 0 Å². The molecule has 0 bridgehead atoms. The topological polar surface area (TPSA) is 56.3 Å². The van der Waals surface area contributed by atoms with Gasteiger partial charge in [-0.25, -0.2) is 4.98 Å². The van der Waals surface area contributed by atoms with Gasteiger partial charge in [0.2, 0.25) is 11.8 Å². The van der Waals surface area contributed by atoms with Gasteiger partial charge in [0.25, 0.3) is 0 Å². The Morgan fingerprint density at radius 3 is 3.06 bits per heavy atom. The van der Waals surface area contributed by atoms with E-state index in [9.17, 15) is 0 Å². The Balaban J connectivity index is 2.33. The van der Waals surface area contributed by atoms with Crippen molar-refractivity contribution in [2.75, 3.05) is 32.2 Å². The zero-order valence-electron chi connectivity index (χ0n) is 10.1. The molecule has 1 rings (SSSR count). The number of alkyl halides is 1. The van der Waals surface area contributed by atoms with Crippen molar-refractivity contribution in [1.82, 2.24) is 9.97 Å². The highest BCUT2D eigenvalue weighted by molar-refractivity contribution is 6.20. The molecule has 0 saturated carbocycles. The number of anilines is 1. The van der Waals surface area contributed by atoms with E-state index in [-0.39, 0.29) is 5.38 Å². The zero-order valence-corrected chi connectivity index (χ0v) is 10.9. The van der Waals surface area contributed by atoms with Gasteiger partial charge in [-0.2, -0.15) is 4.98 Å². The summed E-state index contributed by atoms with van der Waals surface area (Å²) in [5, 5.41) is 3.09. The summed E-state index contributed by atoms with van der Waals surface area (Å²) < 4.78 is 10.2. The van der Waals surface area contributed by atoms with Gasteiger partial charge in [-0.3, -0.25) is 0 Å². The highest BCUT2D eigenvalue weighted by Gasteiger charge is 2.04. The van der Waals surface area contributed by atoms with Crippen molar-refractivity contribution in [2.45, 2.75) is 18.7 Å². The number of hydrogen-bond acceptors (Lipinski definition) is 5. The molecule has 5 nitrogen and oxygen atoms in total. The van der Waals surface area contributed by atoms with Crippen molar-refractivity contribution in [3.8, 4) is 5.88 Å². The zero-order chi connectivity index (χ0) is 12.5. The molecule has 1 N–H and O–H groups in total. The first-order chi connectivity index (χ1) is 8.26. The van der Waals surface area contributed by atoms with Gasteiger partial charge in [-0.15, -0.1) is 11.6 Å². The molecule has 96 valence electrons. The van der Waals surface area contributed by atoms with Gasteiger partial charge >= 0.3 is 0 Å². The monoisotopic (exact) mass is 259 g/mol. The van der Waals surface area contributed by atoms with Crippen LogP contribution in [0.5, 0.6) is 5.88 Å². The third-order valence-corrected chi connectivity index (χ3v) is 2.35. The summed E-state index contributed by atoms with van der Waals surface area (Å²) >= 11 is 6.00. The quantitative estimate of drug-likeness (QED) is 0.723. The largest absolute Gasteiger partial charge is 0.478 e. The molecule has 0 saturated heterocycles. The third kappa shape index (κ3) is 5.70. The Morgan fingerprint density at radius 1 is 1.53 bits per heavy atom. The summed E-state index contributed by atoms with van der Waals surface area (Å²) in [4.78, 5) is 8.27. The second-order valence-electron chi connectivity index (χ2n) is 3.42. The van der Waals surface area contributed by atoms with Crippen LogP contribution in [0.4, 0.5) is 5.95 Å². The first-order valence-electron chi connectivity index (χ1n) is 5.59. The SMILES string of the molecule is CCOc1ccnc(NCCC(Cl)COC)n1. The molecular formula is C11H18ClN3O2. The van der Waals surface area contributed by atoms with Crippen LogP contribution in [0.3, 0.4) is 0 Å². The second kappa shape index (κ2) is 8.08. The van der Waals surface area contributed by atoms with Gasteiger partial charge in [-0.1, -0.05) is 0 Å². The highest BCUT2D eigenvalue weighted by atomic mass is 35.5. The number of nitrogens with one attached hydrogen (secondary N) is 1. The fourth-order valence-electron chi connectivity index (χ4n) is 1.26. The van der Waals surface area contributed by atoms with Gasteiger partial charge in [0, 0.05) is 25.9 Å². The minimum absolute atomic E-state index is 0.00238. The smallest absolute Gasteiger partial charge is 0.225 e. The van der Waals surface area contributed by atoms with Crippen molar-refractivity contribution >= 4 is 17.5 Å². The van der Waals surface area contributed by atoms with E-state index in [0.717, 1.165) is 6.42 Å². The van der Waals surface area contributed by atoms with Crippen LogP contribution in [-0.4, -0.2) is 42.2 Å². The third-order valence-electron chi connectivity index (χ3n) is 2.01. The van der Waals surface area contributed by atoms with Crippen LogP contribution < -0.4 is 10.1 Å². The summed E-state index contributed by atoms with van der Waals surface area (Å²) in [5.41, 5.74) is 0. The Hall–Kier alpha value is -1.07. The number of halogens is 1. The Morgan fingerprint density at radius 2 is 2.35 bits per heavy atom. The van der Waals surface area contributed by atoms with Crippen LogP contribution in [0.25, 0.3) is 0 Å². The Bertz CT molecular complexity index is 325. The maximum Gasteiger partial charge on any atom is 0.225 e. The van der Waals surface area contributed by atoms with Crippen LogP contribution >= 0.6 is 11.6 Å². The van der Waals surface area contributed by atoms with Crippen LogP contribution in [-0.2, 0) is 4.74 Å². The van der Waals surface area contributed by atoms with Crippen LogP contribution in [0, 0.1) is 0 Å². The van der Waals surface area contributed by atoms with Gasteiger partial charge in [0.05, 0.1) is 18.6 Å². The number of methoxy groups -OCH3 is 1. The number of rotatable bonds is 8. The fraction of sp³-hybridized carbons (Fsp3) is 0.636. The summed E-state index contributed by atoms with van der Waals surface area (Å²) in [5.74, 6) is 1.13. The van der Waals surface area contributed by atoms with Crippen molar-refractivity contribution in [1.29, 1.82) is 0 Å². The maximum absolute atomic E-state index is 6.00. The van der Waals surface area contributed by atoms with E-state index in [1.54, 1.807) is 19.4 Å². The Labute approximate surface area is 107 Å². The molecule has 0 spiro atoms. The molecule has 1 aromatic heterocycles. The lowest BCUT2D eigenvalue weighted by Crippen LogP contribution is -2.14. The summed E-state index contributed by atoms with van der Waals surface area (Å²) in [7, 11) is 1.64. The lowest BCUT2D eigenvalue weighted by Gasteiger charge is -2.09. The van der Waals surface area contributed by atoms with E-state index in [2.05, 4.69) is 15.3 Å². The number of nitrogens with zero attached hydrogens (tertiary/aromatic N) is 2. The first-order valence-corrected chi connectivity index (χ1v) is 6.02. The molecule has 0 aromatic carbocycles. The Kier molecular flexibility index (Phi) is 6.65. The molecule has 0 amide bonds. The van der Waals surface area contributed by atoms with E-state index in [0.29, 0.717) is 31.6 Å². The van der Waals surface area contributed by atoms with Crippen molar-refractivity contribution in [3.05, 3.63) is 12.3 Å². The predicted octanol–water partition coefficient (Wildman–Crippen LogP) is 1.93. The average molecular weight is 260 g/mol. The molecule has 1 unspecified atom stereocenters. The molecule has 6 heteroatoms. The number of hydrogen-bond donors (Lipinski definition) is 1. The molecule has 1 aromatic rings. The average Bonchev–Trinajstić information content (AvgIpc) is 2.30. The van der Waals surface area contributed by atoms with Gasteiger partial charge in [0.15, 0.2) is 0 Å². The van der Waals surface area contributed by atoms with Gasteiger partial charge < -0.3 is 14.8 Å². The summed E-state index contributed by atoms with van der Waals surface area (Å²) in [6, 6.07) is 1.73. The fourth-order valence-corrected chi connectivity index (χ4v) is 1.50. The normalized spacial score (nSPS) is 12.2. The molecule has 17 heavy (non-hydrogen) atoms. The molecule has 0 aliphatic rings. The highest BCUT2D eigenvalue weighted by Crippen LogP contribution is 2.09. The molecule has 0 aliphatic heterocycles. The molecule has 1 heterocycles. The van der Waals surface area contributed by atoms with E-state index in [1.165, 1.54) is 0 Å².